The number of rotatable bonds is 4. The zero-order valence-corrected chi connectivity index (χ0v) is 9.67. The summed E-state index contributed by atoms with van der Waals surface area (Å²) in [5, 5.41) is 8.60. The lowest BCUT2D eigenvalue weighted by atomic mass is 10.2. The van der Waals surface area contributed by atoms with E-state index in [1.165, 1.54) is 0 Å². The minimum Gasteiger partial charge on any atom is -0.492 e. The number of halogens is 1. The Kier molecular flexibility index (Phi) is 4.22. The average molecular weight is 260 g/mol. The third kappa shape index (κ3) is 2.89. The first-order valence-corrected chi connectivity index (χ1v) is 5.23. The second-order valence-electron chi connectivity index (χ2n) is 3.06. The molecule has 78 valence electrons. The predicted octanol–water partition coefficient (Wildman–Crippen LogP) is 2.10. The van der Waals surface area contributed by atoms with Crippen LogP contribution in [0.1, 0.15) is 12.0 Å². The van der Waals surface area contributed by atoms with Gasteiger partial charge in [0.05, 0.1) is 11.1 Å². The molecule has 0 saturated carbocycles. The van der Waals surface area contributed by atoms with Crippen LogP contribution in [0.2, 0.25) is 0 Å². The molecule has 3 N–H and O–H groups in total. The van der Waals surface area contributed by atoms with Crippen LogP contribution in [0, 0.1) is 6.92 Å². The monoisotopic (exact) mass is 259 g/mol. The van der Waals surface area contributed by atoms with E-state index >= 15 is 0 Å². The standard InChI is InChI=1S/C10H14BrNO2/c1-7-5-10(14-4-2-3-13)8(11)6-9(7)12/h5-6,13H,2-4,12H2,1H3. The SMILES string of the molecule is Cc1cc(OCCCO)c(Br)cc1N. The number of nitrogen functional groups attached to an aromatic ring is 1. The highest BCUT2D eigenvalue weighted by atomic mass is 79.9. The number of aliphatic hydroxyl groups is 1. The quantitative estimate of drug-likeness (QED) is 0.643. The molecule has 0 aromatic heterocycles. The lowest BCUT2D eigenvalue weighted by molar-refractivity contribution is 0.233. The molecule has 14 heavy (non-hydrogen) atoms. The first-order valence-electron chi connectivity index (χ1n) is 4.44. The largest absolute Gasteiger partial charge is 0.492 e. The summed E-state index contributed by atoms with van der Waals surface area (Å²) in [5.74, 6) is 0.769. The minimum absolute atomic E-state index is 0.144. The van der Waals surface area contributed by atoms with Crippen molar-refractivity contribution in [1.29, 1.82) is 0 Å². The Morgan fingerprint density at radius 3 is 2.86 bits per heavy atom. The van der Waals surface area contributed by atoms with E-state index in [4.69, 9.17) is 15.6 Å². The highest BCUT2D eigenvalue weighted by Crippen LogP contribution is 2.29. The molecule has 1 aromatic carbocycles. The molecule has 0 unspecified atom stereocenters. The fourth-order valence-corrected chi connectivity index (χ4v) is 1.50. The topological polar surface area (TPSA) is 55.5 Å². The maximum atomic E-state index is 8.60. The summed E-state index contributed by atoms with van der Waals surface area (Å²) in [7, 11) is 0. The van der Waals surface area contributed by atoms with Crippen LogP contribution in [-0.2, 0) is 0 Å². The minimum atomic E-state index is 0.144. The van der Waals surface area contributed by atoms with Crippen molar-refractivity contribution >= 4 is 21.6 Å². The van der Waals surface area contributed by atoms with Crippen molar-refractivity contribution in [2.75, 3.05) is 18.9 Å². The molecule has 1 rings (SSSR count). The van der Waals surface area contributed by atoms with Gasteiger partial charge in [0, 0.05) is 18.7 Å². The zero-order chi connectivity index (χ0) is 10.6. The van der Waals surface area contributed by atoms with Crippen molar-refractivity contribution in [3.63, 3.8) is 0 Å². The van der Waals surface area contributed by atoms with Crippen molar-refractivity contribution < 1.29 is 9.84 Å². The summed E-state index contributed by atoms with van der Waals surface area (Å²) in [4.78, 5) is 0. The average Bonchev–Trinajstić information content (AvgIpc) is 2.14. The number of nitrogens with two attached hydrogens (primary N) is 1. The van der Waals surface area contributed by atoms with Crippen molar-refractivity contribution in [3.05, 3.63) is 22.2 Å². The molecule has 3 nitrogen and oxygen atoms in total. The van der Waals surface area contributed by atoms with Crippen molar-refractivity contribution in [2.24, 2.45) is 0 Å². The van der Waals surface area contributed by atoms with E-state index in [0.717, 1.165) is 21.5 Å². The summed E-state index contributed by atoms with van der Waals surface area (Å²) >= 11 is 3.37. The molecule has 0 spiro atoms. The fraction of sp³-hybridized carbons (Fsp3) is 0.400. The lowest BCUT2D eigenvalue weighted by Gasteiger charge is -2.09. The molecule has 0 saturated heterocycles. The van der Waals surface area contributed by atoms with Gasteiger partial charge in [-0.3, -0.25) is 0 Å². The molecule has 0 heterocycles. The molecular formula is C10H14BrNO2. The fourth-order valence-electron chi connectivity index (χ4n) is 1.03. The molecule has 0 fully saturated rings. The van der Waals surface area contributed by atoms with Gasteiger partial charge in [0.25, 0.3) is 0 Å². The van der Waals surface area contributed by atoms with Crippen LogP contribution in [0.4, 0.5) is 5.69 Å². The van der Waals surface area contributed by atoms with E-state index in [1.54, 1.807) is 0 Å². The van der Waals surface area contributed by atoms with E-state index in [0.29, 0.717) is 13.0 Å². The molecule has 0 bridgehead atoms. The molecule has 0 aliphatic heterocycles. The van der Waals surface area contributed by atoms with Gasteiger partial charge < -0.3 is 15.6 Å². The number of anilines is 1. The number of aryl methyl sites for hydroxylation is 1. The number of hydrogen-bond acceptors (Lipinski definition) is 3. The van der Waals surface area contributed by atoms with Gasteiger partial charge >= 0.3 is 0 Å². The van der Waals surface area contributed by atoms with Gasteiger partial charge in [-0.05, 0) is 40.5 Å². The Labute approximate surface area is 92.0 Å². The van der Waals surface area contributed by atoms with Crippen molar-refractivity contribution in [2.45, 2.75) is 13.3 Å². The van der Waals surface area contributed by atoms with Gasteiger partial charge in [-0.25, -0.2) is 0 Å². The summed E-state index contributed by atoms with van der Waals surface area (Å²) < 4.78 is 6.30. The van der Waals surface area contributed by atoms with E-state index < -0.39 is 0 Å². The highest BCUT2D eigenvalue weighted by Gasteiger charge is 2.04. The van der Waals surface area contributed by atoms with Gasteiger partial charge in [0.15, 0.2) is 0 Å². The van der Waals surface area contributed by atoms with Crippen LogP contribution in [-0.4, -0.2) is 18.3 Å². The van der Waals surface area contributed by atoms with Crippen LogP contribution in [0.3, 0.4) is 0 Å². The Morgan fingerprint density at radius 2 is 2.21 bits per heavy atom. The maximum Gasteiger partial charge on any atom is 0.133 e. The summed E-state index contributed by atoms with van der Waals surface area (Å²) in [6.07, 6.45) is 0.635. The predicted molar refractivity (Wildman–Crippen MR) is 60.5 cm³/mol. The van der Waals surface area contributed by atoms with E-state index in [9.17, 15) is 0 Å². The van der Waals surface area contributed by atoms with Crippen LogP contribution in [0.25, 0.3) is 0 Å². The summed E-state index contributed by atoms with van der Waals surface area (Å²) in [6.45, 7) is 2.59. The van der Waals surface area contributed by atoms with Gasteiger partial charge in [0.1, 0.15) is 5.75 Å². The van der Waals surface area contributed by atoms with Crippen LogP contribution in [0.15, 0.2) is 16.6 Å². The Bertz CT molecular complexity index is 315. The number of hydrogen-bond donors (Lipinski definition) is 2. The lowest BCUT2D eigenvalue weighted by Crippen LogP contribution is -2.01. The normalized spacial score (nSPS) is 10.2. The molecule has 0 atom stereocenters. The van der Waals surface area contributed by atoms with E-state index in [1.807, 2.05) is 19.1 Å². The molecule has 4 heteroatoms. The van der Waals surface area contributed by atoms with Crippen molar-refractivity contribution in [1.82, 2.24) is 0 Å². The van der Waals surface area contributed by atoms with Gasteiger partial charge in [-0.1, -0.05) is 0 Å². The third-order valence-corrected chi connectivity index (χ3v) is 2.50. The second-order valence-corrected chi connectivity index (χ2v) is 3.92. The van der Waals surface area contributed by atoms with Crippen molar-refractivity contribution in [3.8, 4) is 5.75 Å². The Balaban J connectivity index is 2.72. The number of ether oxygens (including phenoxy) is 1. The molecule has 0 radical (unpaired) electrons. The van der Waals surface area contributed by atoms with Gasteiger partial charge in [-0.2, -0.15) is 0 Å². The maximum absolute atomic E-state index is 8.60. The molecule has 1 aromatic rings. The van der Waals surface area contributed by atoms with Gasteiger partial charge in [0.2, 0.25) is 0 Å². The molecule has 0 aliphatic rings. The summed E-state index contributed by atoms with van der Waals surface area (Å²) in [5.41, 5.74) is 7.45. The number of aliphatic hydroxyl groups excluding tert-OH is 1. The van der Waals surface area contributed by atoms with Gasteiger partial charge in [-0.15, -0.1) is 0 Å². The molecule has 0 aliphatic carbocycles. The number of benzene rings is 1. The Morgan fingerprint density at radius 1 is 1.50 bits per heavy atom. The third-order valence-electron chi connectivity index (χ3n) is 1.88. The van der Waals surface area contributed by atoms with E-state index in [-0.39, 0.29) is 6.61 Å². The first kappa shape index (κ1) is 11.3. The van der Waals surface area contributed by atoms with Crippen LogP contribution in [0.5, 0.6) is 5.75 Å². The molecule has 0 amide bonds. The van der Waals surface area contributed by atoms with Crippen LogP contribution >= 0.6 is 15.9 Å². The zero-order valence-electron chi connectivity index (χ0n) is 8.09. The second kappa shape index (κ2) is 5.22. The smallest absolute Gasteiger partial charge is 0.133 e. The summed E-state index contributed by atoms with van der Waals surface area (Å²) in [6, 6.07) is 3.71. The van der Waals surface area contributed by atoms with Crippen LogP contribution < -0.4 is 10.5 Å². The van der Waals surface area contributed by atoms with E-state index in [2.05, 4.69) is 15.9 Å². The highest BCUT2D eigenvalue weighted by molar-refractivity contribution is 9.10. The Hall–Kier alpha value is -0.740. The first-order chi connectivity index (χ1) is 6.65. The molecular weight excluding hydrogens is 246 g/mol.